The summed E-state index contributed by atoms with van der Waals surface area (Å²) < 4.78 is 63.4. The molecule has 0 saturated heterocycles. The normalized spacial score (nSPS) is 15.4. The van der Waals surface area contributed by atoms with Crippen molar-refractivity contribution in [1.82, 2.24) is 49.4 Å². The number of aromatic nitrogens is 10. The number of aliphatic imine (C=N–C) groups is 1. The number of aromatic amines is 9. The van der Waals surface area contributed by atoms with Crippen LogP contribution in [0.4, 0.5) is 4.79 Å². The van der Waals surface area contributed by atoms with Crippen molar-refractivity contribution in [1.29, 1.82) is 0 Å². The molecule has 20 rings (SSSR count). The molecule has 0 atom stereocenters. The Morgan fingerprint density at radius 2 is 0.743 bits per heavy atom. The van der Waals surface area contributed by atoms with Crippen LogP contribution in [-0.2, 0) is 9.47 Å². The zero-order valence-electron chi connectivity index (χ0n) is 79.7. The Labute approximate surface area is 796 Å². The number of ether oxygens (including phenoxy) is 11. The summed E-state index contributed by atoms with van der Waals surface area (Å²) in [4.78, 5) is 67.4. The van der Waals surface area contributed by atoms with Gasteiger partial charge >= 0.3 is 6.09 Å². The lowest BCUT2D eigenvalue weighted by atomic mass is 10.2. The highest BCUT2D eigenvalue weighted by molar-refractivity contribution is 14.1. The topological polar surface area (TPSA) is 327 Å². The van der Waals surface area contributed by atoms with Gasteiger partial charge in [0.25, 0.3) is 0 Å². The number of aryl methyl sites for hydroxylation is 7. The number of carbonyl (C=O) groups is 1. The highest BCUT2D eigenvalue weighted by Gasteiger charge is 2.29. The SMILES string of the molecule is COC1=CC(c2cc3cc(OC)c(OC)cc3n2C(=O)OC(C)(C)C)=N/C1=C\c1[nH]c(C)cc1C.COc1cc(=C2C=c3ccccc3=N2)[nH]/c1=C\c1[nH]c(C)c(I)c1C.COc1cc(=C2C=c3ccccc3=N2)[nH]/c1=C\c1[nH]c(C)cc1C.COc1cc2c(cc1OC)=NC(=c1cc(OC)/c(=C/c3[nH]c(C)cc3C)[nH]1)C=2.COc1cc[nH]c1/C=c1\[nH]c(=C2C=c3ccccc3=N2)cc1OC. The molecule has 136 heavy (non-hydrogen) atoms. The van der Waals surface area contributed by atoms with Gasteiger partial charge in [-0.3, -0.25) is 0 Å². The lowest BCUT2D eigenvalue weighted by Crippen LogP contribution is -2.28. The number of fused-ring (bicyclic) bond motifs is 5. The minimum atomic E-state index is -0.680. The zero-order valence-corrected chi connectivity index (χ0v) is 81.9. The minimum Gasteiger partial charge on any atom is -0.495 e. The van der Waals surface area contributed by atoms with E-state index in [0.717, 1.165) is 193 Å². The highest BCUT2D eigenvalue weighted by atomic mass is 127. The first-order valence-corrected chi connectivity index (χ1v) is 45.0. The molecule has 0 radical (unpaired) electrons. The molecule has 0 amide bonds. The first-order valence-electron chi connectivity index (χ1n) is 43.9. The lowest BCUT2D eigenvalue weighted by molar-refractivity contribution is 0.0543. The smallest absolute Gasteiger partial charge is 0.419 e. The fourth-order valence-electron chi connectivity index (χ4n) is 16.5. The average Bonchev–Trinajstić information content (AvgIpc) is 1.59. The number of hydrogen-bond acceptors (Lipinski definition) is 17. The molecule has 15 aromatic rings. The van der Waals surface area contributed by atoms with E-state index in [9.17, 15) is 4.79 Å². The molecule has 0 fully saturated rings. The van der Waals surface area contributed by atoms with Gasteiger partial charge in [0.15, 0.2) is 23.0 Å². The van der Waals surface area contributed by atoms with Crippen molar-refractivity contribution in [2.75, 3.05) is 71.1 Å². The lowest BCUT2D eigenvalue weighted by Gasteiger charge is -2.21. The molecule has 27 nitrogen and oxygen atoms in total. The van der Waals surface area contributed by atoms with Crippen LogP contribution in [0.25, 0.3) is 88.4 Å². The number of H-pyrrole nitrogens is 9. The molecule has 0 unspecified atom stereocenters. The first kappa shape index (κ1) is 93.4. The number of nitrogens with one attached hydrogen (secondary N) is 9. The number of carbonyl (C=O) groups excluding carboxylic acids is 1. The van der Waals surface area contributed by atoms with E-state index < -0.39 is 11.7 Å². The highest BCUT2D eigenvalue weighted by Crippen LogP contribution is 2.37. The predicted octanol–water partition coefficient (Wildman–Crippen LogP) is 9.85. The van der Waals surface area contributed by atoms with Gasteiger partial charge in [-0.15, -0.1) is 0 Å². The van der Waals surface area contributed by atoms with E-state index >= 15 is 0 Å². The van der Waals surface area contributed by atoms with E-state index in [2.05, 4.69) is 180 Å². The standard InChI is InChI=1S/C27H31N3O5.C22H23N3O3.C20H18IN3O.C20H19N3O.C19H17N3O2/c1-15-9-16(2)28-18(15)12-20-23(32-6)13-19(29-20)22-10-17-11-24(33-7)25(34-8)14-21(17)30(22)26(31)35-27(3,4)5;1-12-6-13(2)23-15(12)9-19-20(26-3)11-18(25-19)17-7-14-8-21(27-4)22(28-5)10-16(14)24-17;1-11-15(22-12(2)20(11)21)9-18-19(25-3)10-17(24-18)16-8-13-6-4-5-7-14(13)23-16;1-12-8-13(2)21-16(12)10-19-20(24-3)11-18(23-19)17-9-14-6-4-5-7-15(14)22-17;1-23-18-7-8-20-16(18)10-17-19(24-2)11-15(22-17)14-9-12-5-3-4-6-13(12)21-14/h9-14,28H,1-8H3;6-11,23,25H,1-5H3;4-10,22,24H,1-3H3;4-11,21,23H,1-3H3;3-11,20,22H,1-2H3/b20-12-;18-17?,19-9-;17-16?,18-9-;18-17?,19-10-;15-14?,17-10-. The van der Waals surface area contributed by atoms with Gasteiger partial charge in [-0.2, -0.15) is 0 Å². The first-order chi connectivity index (χ1) is 65.5. The molecular weight excluding hydrogens is 1830 g/mol. The maximum absolute atomic E-state index is 13.4. The fourth-order valence-corrected chi connectivity index (χ4v) is 16.9. The molecule has 0 aliphatic carbocycles. The largest absolute Gasteiger partial charge is 0.495 e. The van der Waals surface area contributed by atoms with Crippen LogP contribution in [0, 0.1) is 59.0 Å². The summed E-state index contributed by atoms with van der Waals surface area (Å²) in [5.41, 5.74) is 19.7. The molecule has 10 aromatic heterocycles. The van der Waals surface area contributed by atoms with E-state index in [-0.39, 0.29) is 0 Å². The van der Waals surface area contributed by atoms with Crippen molar-refractivity contribution in [3.8, 4) is 51.7 Å². The number of nitrogens with zero attached hydrogens (tertiary/aromatic N) is 6. The van der Waals surface area contributed by atoms with Gasteiger partial charge in [-0.25, -0.2) is 34.3 Å². The van der Waals surface area contributed by atoms with Gasteiger partial charge < -0.3 is 97.0 Å². The van der Waals surface area contributed by atoms with E-state index in [4.69, 9.17) is 72.1 Å². The van der Waals surface area contributed by atoms with Crippen LogP contribution in [0.15, 0.2) is 200 Å². The molecule has 15 heterocycles. The molecule has 0 saturated carbocycles. The minimum absolute atomic E-state index is 0.508. The Hall–Kier alpha value is -15.9. The Morgan fingerprint density at radius 3 is 1.13 bits per heavy atom. The van der Waals surface area contributed by atoms with E-state index in [1.165, 1.54) is 30.5 Å². The summed E-state index contributed by atoms with van der Waals surface area (Å²) in [6, 6.07) is 49.8. The van der Waals surface area contributed by atoms with Crippen molar-refractivity contribution >= 4 is 123 Å². The number of halogens is 1. The number of hydrogen-bond donors (Lipinski definition) is 9. The van der Waals surface area contributed by atoms with Gasteiger partial charge in [0.05, 0.1) is 181 Å². The van der Waals surface area contributed by atoms with E-state index in [0.29, 0.717) is 51.4 Å². The summed E-state index contributed by atoms with van der Waals surface area (Å²) in [6.45, 7) is 22.0. The molecule has 9 N–H and O–H groups in total. The van der Waals surface area contributed by atoms with Crippen molar-refractivity contribution in [3.05, 3.63) is 343 Å². The van der Waals surface area contributed by atoms with Crippen LogP contribution >= 0.6 is 22.6 Å². The molecule has 0 bridgehead atoms. The zero-order chi connectivity index (χ0) is 96.1. The summed E-state index contributed by atoms with van der Waals surface area (Å²) in [5.74, 6) is 6.94. The van der Waals surface area contributed by atoms with Crippen molar-refractivity contribution < 1.29 is 56.9 Å². The third kappa shape index (κ3) is 20.1. The molecule has 28 heteroatoms. The van der Waals surface area contributed by atoms with E-state index in [1.807, 2.05) is 181 Å². The second-order valence-corrected chi connectivity index (χ2v) is 34.9. The monoisotopic (exact) mass is 1930 g/mol. The summed E-state index contributed by atoms with van der Waals surface area (Å²) in [6.07, 6.45) is 21.6. The summed E-state index contributed by atoms with van der Waals surface area (Å²) in [5, 5.41) is 16.4. The van der Waals surface area contributed by atoms with Crippen LogP contribution in [0.2, 0.25) is 0 Å². The van der Waals surface area contributed by atoms with Crippen molar-refractivity contribution in [3.63, 3.8) is 0 Å². The summed E-state index contributed by atoms with van der Waals surface area (Å²) >= 11 is 2.37. The second kappa shape index (κ2) is 39.9. The number of para-hydroxylation sites is 3. The molecule has 0 spiro atoms. The molecule has 694 valence electrons. The third-order valence-corrected chi connectivity index (χ3v) is 24.8. The Kier molecular flexibility index (Phi) is 27.4. The Balaban J connectivity index is 0.000000124. The average molecular weight is 1940 g/mol. The number of benzene rings is 5. The predicted molar refractivity (Wildman–Crippen MR) is 542 cm³/mol. The van der Waals surface area contributed by atoms with Crippen molar-refractivity contribution in [2.24, 2.45) is 25.0 Å². The number of rotatable bonds is 16. The quantitative estimate of drug-likeness (QED) is 0.0408. The third-order valence-electron chi connectivity index (χ3n) is 23.2. The van der Waals surface area contributed by atoms with Gasteiger partial charge in [0, 0.05) is 124 Å². The van der Waals surface area contributed by atoms with Gasteiger partial charge in [-0.05, 0) is 236 Å². The molecule has 5 aromatic carbocycles. The second-order valence-electron chi connectivity index (χ2n) is 33.8. The molecule has 5 aliphatic heterocycles. The van der Waals surface area contributed by atoms with Crippen LogP contribution in [-0.4, -0.2) is 138 Å². The Morgan fingerprint density at radius 1 is 0.360 bits per heavy atom. The van der Waals surface area contributed by atoms with Crippen LogP contribution in [0.3, 0.4) is 0 Å². The van der Waals surface area contributed by atoms with E-state index in [1.54, 1.807) is 77.2 Å². The van der Waals surface area contributed by atoms with Crippen LogP contribution < -0.4 is 128 Å². The number of allylic oxidation sites excluding steroid dienone is 1. The summed E-state index contributed by atoms with van der Waals surface area (Å²) in [7, 11) is 16.3. The van der Waals surface area contributed by atoms with Crippen LogP contribution in [0.1, 0.15) is 100.0 Å². The van der Waals surface area contributed by atoms with Gasteiger partial charge in [0.1, 0.15) is 45.8 Å². The maximum Gasteiger partial charge on any atom is 0.419 e. The maximum atomic E-state index is 13.4. The molecule has 5 aliphatic rings. The fraction of sp³-hybridized carbons (Fsp3) is 0.204. The van der Waals surface area contributed by atoms with Gasteiger partial charge in [-0.1, -0.05) is 54.6 Å². The number of methoxy groups -OCH3 is 10. The van der Waals surface area contributed by atoms with Crippen LogP contribution in [0.5, 0.6) is 51.7 Å². The Bertz CT molecular complexity index is 8340. The van der Waals surface area contributed by atoms with Crippen molar-refractivity contribution in [2.45, 2.75) is 81.8 Å². The van der Waals surface area contributed by atoms with Gasteiger partial charge in [0.2, 0.25) is 0 Å². The molecular formula is C108H108IN15O12.